The van der Waals surface area contributed by atoms with Crippen LogP contribution in [0.3, 0.4) is 0 Å². The zero-order valence-corrected chi connectivity index (χ0v) is 14.8. The van der Waals surface area contributed by atoms with Crippen molar-refractivity contribution in [3.8, 4) is 11.3 Å². The molecule has 0 atom stereocenters. The Morgan fingerprint density at radius 3 is 2.52 bits per heavy atom. The highest BCUT2D eigenvalue weighted by Crippen LogP contribution is 2.40. The lowest BCUT2D eigenvalue weighted by molar-refractivity contribution is -0.137. The Kier molecular flexibility index (Phi) is 5.89. The van der Waals surface area contributed by atoms with Gasteiger partial charge in [-0.3, -0.25) is 0 Å². The summed E-state index contributed by atoms with van der Waals surface area (Å²) in [6.07, 6.45) is -4.65. The Morgan fingerprint density at radius 2 is 1.96 bits per heavy atom. The van der Waals surface area contributed by atoms with Crippen LogP contribution < -0.4 is 10.6 Å². The van der Waals surface area contributed by atoms with Gasteiger partial charge in [-0.25, -0.2) is 9.37 Å². The van der Waals surface area contributed by atoms with Gasteiger partial charge in [0.1, 0.15) is 16.5 Å². The summed E-state index contributed by atoms with van der Waals surface area (Å²) >= 11 is 1.15. The van der Waals surface area contributed by atoms with Crippen molar-refractivity contribution in [2.45, 2.75) is 26.1 Å². The molecule has 2 N–H and O–H groups in total. The topological polar surface area (TPSA) is 51.4 Å². The number of thiazole rings is 1. The van der Waals surface area contributed by atoms with E-state index in [4.69, 9.17) is 10.5 Å². The van der Waals surface area contributed by atoms with Crippen molar-refractivity contribution in [1.29, 1.82) is 0 Å². The van der Waals surface area contributed by atoms with Gasteiger partial charge in [0.15, 0.2) is 5.13 Å². The summed E-state index contributed by atoms with van der Waals surface area (Å²) in [5, 5.41) is 0.786. The lowest BCUT2D eigenvalue weighted by Gasteiger charge is -2.28. The summed E-state index contributed by atoms with van der Waals surface area (Å²) in [4.78, 5) is 6.06. The molecule has 0 spiro atoms. The monoisotopic (exact) mass is 377 g/mol. The molecule has 0 fully saturated rings. The SMILES string of the molecule is COCCN(c1sc(N)nc1-c1cc(F)cc(C(F)(F)F)c1)C(C)C. The number of nitrogen functional groups attached to an aromatic ring is 1. The van der Waals surface area contributed by atoms with Crippen molar-refractivity contribution < 1.29 is 22.3 Å². The maximum Gasteiger partial charge on any atom is 0.416 e. The molecule has 0 amide bonds. The van der Waals surface area contributed by atoms with Crippen LogP contribution in [0.15, 0.2) is 18.2 Å². The molecule has 0 aliphatic rings. The zero-order chi connectivity index (χ0) is 18.8. The van der Waals surface area contributed by atoms with Gasteiger partial charge in [0.05, 0.1) is 12.2 Å². The smallest absolute Gasteiger partial charge is 0.383 e. The number of benzene rings is 1. The summed E-state index contributed by atoms with van der Waals surface area (Å²) in [5.74, 6) is -0.977. The molecule has 0 aliphatic carbocycles. The molecule has 1 heterocycles. The van der Waals surface area contributed by atoms with Crippen LogP contribution in [0.5, 0.6) is 0 Å². The molecule has 0 unspecified atom stereocenters. The lowest BCUT2D eigenvalue weighted by Crippen LogP contribution is -2.33. The Balaban J connectivity index is 2.55. The Labute approximate surface area is 147 Å². The minimum absolute atomic E-state index is 0.0318. The zero-order valence-electron chi connectivity index (χ0n) is 14.0. The van der Waals surface area contributed by atoms with Crippen LogP contribution in [0.4, 0.5) is 27.7 Å². The molecular formula is C16H19F4N3OS. The van der Waals surface area contributed by atoms with Gasteiger partial charge in [-0.1, -0.05) is 11.3 Å². The highest BCUT2D eigenvalue weighted by molar-refractivity contribution is 7.19. The van der Waals surface area contributed by atoms with E-state index in [0.717, 1.165) is 23.5 Å². The maximum atomic E-state index is 13.8. The predicted molar refractivity (Wildman–Crippen MR) is 91.3 cm³/mol. The van der Waals surface area contributed by atoms with E-state index < -0.39 is 17.6 Å². The van der Waals surface area contributed by atoms with E-state index >= 15 is 0 Å². The van der Waals surface area contributed by atoms with Gasteiger partial charge in [-0.15, -0.1) is 0 Å². The molecule has 9 heteroatoms. The van der Waals surface area contributed by atoms with Crippen LogP contribution in [0.25, 0.3) is 11.3 Å². The van der Waals surface area contributed by atoms with Crippen molar-refractivity contribution in [2.24, 2.45) is 0 Å². The average molecular weight is 377 g/mol. The summed E-state index contributed by atoms with van der Waals surface area (Å²) in [6, 6.07) is 2.41. The van der Waals surface area contributed by atoms with Crippen molar-refractivity contribution in [3.05, 3.63) is 29.6 Å². The van der Waals surface area contributed by atoms with Crippen molar-refractivity contribution in [1.82, 2.24) is 4.98 Å². The van der Waals surface area contributed by atoms with Gasteiger partial charge in [-0.2, -0.15) is 13.2 Å². The van der Waals surface area contributed by atoms with Crippen LogP contribution in [0.1, 0.15) is 19.4 Å². The molecule has 0 bridgehead atoms. The van der Waals surface area contributed by atoms with E-state index in [2.05, 4.69) is 4.98 Å². The Hall–Kier alpha value is -1.87. The molecular weight excluding hydrogens is 358 g/mol. The van der Waals surface area contributed by atoms with Crippen molar-refractivity contribution >= 4 is 21.5 Å². The predicted octanol–water partition coefficient (Wildman–Crippen LogP) is 4.41. The van der Waals surface area contributed by atoms with Gasteiger partial charge >= 0.3 is 6.18 Å². The molecule has 2 aromatic rings. The number of halogens is 4. The number of aromatic nitrogens is 1. The molecule has 4 nitrogen and oxygen atoms in total. The van der Waals surface area contributed by atoms with E-state index in [1.54, 1.807) is 7.11 Å². The number of nitrogens with zero attached hydrogens (tertiary/aromatic N) is 2. The largest absolute Gasteiger partial charge is 0.416 e. The third-order valence-electron chi connectivity index (χ3n) is 3.54. The molecule has 0 aliphatic heterocycles. The van der Waals surface area contributed by atoms with Crippen LogP contribution in [-0.4, -0.2) is 31.3 Å². The molecule has 1 aromatic carbocycles. The summed E-state index contributed by atoms with van der Waals surface area (Å²) in [7, 11) is 1.56. The molecule has 2 rings (SSSR count). The third kappa shape index (κ3) is 4.60. The fraction of sp³-hybridized carbons (Fsp3) is 0.438. The number of rotatable bonds is 6. The number of hydrogen-bond acceptors (Lipinski definition) is 5. The summed E-state index contributed by atoms with van der Waals surface area (Å²) in [6.45, 7) is 4.79. The van der Waals surface area contributed by atoms with Gasteiger partial charge in [0.2, 0.25) is 0 Å². The van der Waals surface area contributed by atoms with Gasteiger partial charge in [0.25, 0.3) is 0 Å². The number of ether oxygens (including phenoxy) is 1. The highest BCUT2D eigenvalue weighted by atomic mass is 32.1. The number of anilines is 2. The van der Waals surface area contributed by atoms with Gasteiger partial charge < -0.3 is 15.4 Å². The molecule has 0 saturated carbocycles. The first-order valence-corrected chi connectivity index (χ1v) is 8.35. The molecule has 1 aromatic heterocycles. The van der Waals surface area contributed by atoms with Crippen LogP contribution in [0, 0.1) is 5.82 Å². The lowest BCUT2D eigenvalue weighted by atomic mass is 10.1. The molecule has 0 radical (unpaired) electrons. The normalized spacial score (nSPS) is 12.0. The fourth-order valence-corrected chi connectivity index (χ4v) is 3.40. The fourth-order valence-electron chi connectivity index (χ4n) is 2.38. The highest BCUT2D eigenvalue weighted by Gasteiger charge is 2.32. The molecule has 138 valence electrons. The van der Waals surface area contributed by atoms with E-state index in [-0.39, 0.29) is 22.4 Å². The second kappa shape index (κ2) is 7.57. The molecule has 0 saturated heterocycles. The number of hydrogen-bond donors (Lipinski definition) is 1. The van der Waals surface area contributed by atoms with Crippen molar-refractivity contribution in [3.63, 3.8) is 0 Å². The first-order valence-electron chi connectivity index (χ1n) is 7.53. The Morgan fingerprint density at radius 1 is 1.28 bits per heavy atom. The standard InChI is InChI=1S/C16H19F4N3OS/c1-9(2)23(4-5-24-3)14-13(22-15(21)25-14)10-6-11(16(18,19)20)8-12(17)7-10/h6-9H,4-5H2,1-3H3,(H2,21,22). The first-order chi connectivity index (χ1) is 11.6. The average Bonchev–Trinajstić information content (AvgIpc) is 2.87. The number of nitrogens with two attached hydrogens (primary N) is 1. The summed E-state index contributed by atoms with van der Waals surface area (Å²) < 4.78 is 57.8. The van der Waals surface area contributed by atoms with E-state index in [1.807, 2.05) is 18.7 Å². The van der Waals surface area contributed by atoms with Gasteiger partial charge in [-0.05, 0) is 32.0 Å². The first kappa shape index (κ1) is 19.5. The summed E-state index contributed by atoms with van der Waals surface area (Å²) in [5.41, 5.74) is 4.99. The number of alkyl halides is 3. The number of methoxy groups -OCH3 is 1. The van der Waals surface area contributed by atoms with Crippen molar-refractivity contribution in [2.75, 3.05) is 30.9 Å². The van der Waals surface area contributed by atoms with E-state index in [1.165, 1.54) is 0 Å². The molecule has 25 heavy (non-hydrogen) atoms. The van der Waals surface area contributed by atoms with Crippen LogP contribution >= 0.6 is 11.3 Å². The van der Waals surface area contributed by atoms with Crippen LogP contribution in [0.2, 0.25) is 0 Å². The minimum atomic E-state index is -4.65. The second-order valence-electron chi connectivity index (χ2n) is 5.71. The quantitative estimate of drug-likeness (QED) is 0.758. The van der Waals surface area contributed by atoms with Gasteiger partial charge in [0, 0.05) is 25.3 Å². The second-order valence-corrected chi connectivity index (χ2v) is 6.72. The van der Waals surface area contributed by atoms with E-state index in [9.17, 15) is 17.6 Å². The Bertz CT molecular complexity index is 731. The van der Waals surface area contributed by atoms with Crippen LogP contribution in [-0.2, 0) is 10.9 Å². The van der Waals surface area contributed by atoms with E-state index in [0.29, 0.717) is 24.2 Å². The maximum absolute atomic E-state index is 13.8. The minimum Gasteiger partial charge on any atom is -0.383 e. The third-order valence-corrected chi connectivity index (χ3v) is 4.47.